The van der Waals surface area contributed by atoms with E-state index in [4.69, 9.17) is 32.7 Å². The van der Waals surface area contributed by atoms with Crippen LogP contribution in [-0.4, -0.2) is 45.7 Å². The first-order chi connectivity index (χ1) is 16.6. The second-order valence-electron chi connectivity index (χ2n) is 7.56. The van der Waals surface area contributed by atoms with Crippen molar-refractivity contribution >= 4 is 56.2 Å². The smallest absolute Gasteiger partial charge is 0.246 e. The summed E-state index contributed by atoms with van der Waals surface area (Å²) in [5.41, 5.74) is 1.34. The van der Waals surface area contributed by atoms with Crippen molar-refractivity contribution in [2.45, 2.75) is 23.7 Å². The van der Waals surface area contributed by atoms with Crippen LogP contribution in [0, 0.1) is 0 Å². The van der Waals surface area contributed by atoms with Gasteiger partial charge in [0.05, 0.1) is 10.4 Å². The van der Waals surface area contributed by atoms with E-state index in [0.29, 0.717) is 17.2 Å². The molecule has 0 fully saturated rings. The zero-order valence-corrected chi connectivity index (χ0v) is 21.4. The van der Waals surface area contributed by atoms with Crippen molar-refractivity contribution in [3.8, 4) is 11.5 Å². The zero-order chi connectivity index (χ0) is 25.2. The van der Waals surface area contributed by atoms with Gasteiger partial charge in [0, 0.05) is 18.8 Å². The van der Waals surface area contributed by atoms with Crippen LogP contribution < -0.4 is 24.4 Å². The number of fused-ring (bicyclic) bond motifs is 1. The molecule has 3 N–H and O–H groups in total. The first-order valence-electron chi connectivity index (χ1n) is 10.3. The SMILES string of the molecule is CN(C(=O)C(Cc1ccccc1)NC(O)NS(=O)(=O)c1cc(Cl)sc1Cl)c1ccc2c(c1)OCO2. The van der Waals surface area contributed by atoms with Gasteiger partial charge in [-0.05, 0) is 30.2 Å². The van der Waals surface area contributed by atoms with Gasteiger partial charge in [-0.15, -0.1) is 11.3 Å². The van der Waals surface area contributed by atoms with Crippen LogP contribution in [0.15, 0.2) is 59.5 Å². The molecule has 0 spiro atoms. The van der Waals surface area contributed by atoms with Crippen molar-refractivity contribution in [2.75, 3.05) is 18.7 Å². The van der Waals surface area contributed by atoms with Gasteiger partial charge in [-0.1, -0.05) is 53.5 Å². The third-order valence-electron chi connectivity index (χ3n) is 5.20. The molecule has 2 heterocycles. The second-order valence-corrected chi connectivity index (χ2v) is 11.5. The summed E-state index contributed by atoms with van der Waals surface area (Å²) in [6, 6.07) is 14.4. The molecule has 2 aromatic carbocycles. The van der Waals surface area contributed by atoms with Crippen molar-refractivity contribution in [1.82, 2.24) is 10.0 Å². The summed E-state index contributed by atoms with van der Waals surface area (Å²) in [6.45, 7) is 0.0975. The highest BCUT2D eigenvalue weighted by atomic mass is 35.5. The van der Waals surface area contributed by atoms with E-state index in [-0.39, 0.29) is 26.8 Å². The molecule has 0 radical (unpaired) electrons. The molecule has 1 aliphatic rings. The summed E-state index contributed by atoms with van der Waals surface area (Å²) in [4.78, 5) is 14.6. The van der Waals surface area contributed by atoms with Gasteiger partial charge < -0.3 is 19.5 Å². The summed E-state index contributed by atoms with van der Waals surface area (Å²) in [7, 11) is -2.64. The summed E-state index contributed by atoms with van der Waals surface area (Å²) in [6.07, 6.45) is -1.61. The van der Waals surface area contributed by atoms with E-state index in [1.165, 1.54) is 11.0 Å². The summed E-state index contributed by atoms with van der Waals surface area (Å²) < 4.78 is 38.3. The predicted octanol–water partition coefficient (Wildman–Crippen LogP) is 3.20. The van der Waals surface area contributed by atoms with Crippen molar-refractivity contribution < 1.29 is 27.8 Å². The van der Waals surface area contributed by atoms with Crippen LogP contribution in [0.3, 0.4) is 0 Å². The molecule has 1 aromatic heterocycles. The first-order valence-corrected chi connectivity index (χ1v) is 13.3. The molecular weight excluding hydrogens is 537 g/mol. The van der Waals surface area contributed by atoms with Gasteiger partial charge in [0.25, 0.3) is 0 Å². The Labute approximate surface area is 216 Å². The Morgan fingerprint density at radius 2 is 1.86 bits per heavy atom. The molecule has 3 aromatic rings. The number of aliphatic hydroxyl groups excluding tert-OH is 1. The van der Waals surface area contributed by atoms with E-state index < -0.39 is 28.3 Å². The number of sulfonamides is 1. The lowest BCUT2D eigenvalue weighted by Crippen LogP contribution is -2.55. The van der Waals surface area contributed by atoms with Crippen molar-refractivity contribution in [1.29, 1.82) is 0 Å². The maximum Gasteiger partial charge on any atom is 0.246 e. The van der Waals surface area contributed by atoms with E-state index in [0.717, 1.165) is 16.9 Å². The maximum absolute atomic E-state index is 13.4. The van der Waals surface area contributed by atoms with Crippen molar-refractivity contribution in [2.24, 2.45) is 0 Å². The fourth-order valence-corrected chi connectivity index (χ4v) is 6.61. The second kappa shape index (κ2) is 10.7. The van der Waals surface area contributed by atoms with Gasteiger partial charge in [-0.3, -0.25) is 10.1 Å². The Morgan fingerprint density at radius 3 is 2.54 bits per heavy atom. The van der Waals surface area contributed by atoms with Gasteiger partial charge in [-0.25, -0.2) is 8.42 Å². The average molecular weight is 558 g/mol. The fourth-order valence-electron chi connectivity index (χ4n) is 3.47. The molecular formula is C22H21Cl2N3O6S2. The standard InChI is InChI=1S/C22H21Cl2N3O6S2/c1-27(14-7-8-16-17(10-14)33-12-32-16)21(28)15(9-13-5-3-2-4-6-13)25-22(29)26-35(30,31)18-11-19(23)34-20(18)24/h2-8,10-11,15,22,25-26,29H,9,12H2,1H3. The number of carbonyl (C=O) groups is 1. The lowest BCUT2D eigenvalue weighted by molar-refractivity contribution is -0.121. The Kier molecular flexibility index (Phi) is 7.86. The van der Waals surface area contributed by atoms with E-state index >= 15 is 0 Å². The molecule has 1 aliphatic heterocycles. The van der Waals surface area contributed by atoms with Crippen LogP contribution in [0.1, 0.15) is 5.56 Å². The molecule has 186 valence electrons. The van der Waals surface area contributed by atoms with Crippen LogP contribution in [0.5, 0.6) is 11.5 Å². The molecule has 2 unspecified atom stereocenters. The van der Waals surface area contributed by atoms with Crippen molar-refractivity contribution in [3.05, 3.63) is 68.8 Å². The number of benzene rings is 2. The number of nitrogens with one attached hydrogen (secondary N) is 2. The van der Waals surface area contributed by atoms with Gasteiger partial charge in [0.1, 0.15) is 9.23 Å². The normalized spacial score (nSPS) is 14.5. The summed E-state index contributed by atoms with van der Waals surface area (Å²) >= 11 is 12.7. The topological polar surface area (TPSA) is 117 Å². The minimum Gasteiger partial charge on any atom is -0.454 e. The number of amides is 1. The van der Waals surface area contributed by atoms with Gasteiger partial charge in [0.15, 0.2) is 17.9 Å². The fraction of sp³-hybridized carbons (Fsp3) is 0.227. The summed E-state index contributed by atoms with van der Waals surface area (Å²) in [5.74, 6) is 0.668. The molecule has 0 aliphatic carbocycles. The minimum atomic E-state index is -4.22. The molecule has 9 nitrogen and oxygen atoms in total. The quantitative estimate of drug-likeness (QED) is 0.346. The number of anilines is 1. The Hall–Kier alpha value is -2.38. The molecule has 4 rings (SSSR count). The Bertz CT molecular complexity index is 1320. The van der Waals surface area contributed by atoms with Crippen molar-refractivity contribution in [3.63, 3.8) is 0 Å². The zero-order valence-electron chi connectivity index (χ0n) is 18.3. The number of aliphatic hydroxyl groups is 1. The minimum absolute atomic E-state index is 0.0471. The number of carbonyl (C=O) groups excluding carboxylic acids is 1. The van der Waals surface area contributed by atoms with Crippen LogP contribution >= 0.6 is 34.5 Å². The lowest BCUT2D eigenvalue weighted by Gasteiger charge is -2.27. The molecule has 35 heavy (non-hydrogen) atoms. The van der Waals surface area contributed by atoms with E-state index in [1.54, 1.807) is 25.2 Å². The highest BCUT2D eigenvalue weighted by molar-refractivity contribution is 7.89. The predicted molar refractivity (Wildman–Crippen MR) is 134 cm³/mol. The van der Waals surface area contributed by atoms with Gasteiger partial charge in [-0.2, -0.15) is 4.72 Å². The van der Waals surface area contributed by atoms with Gasteiger partial charge in [0.2, 0.25) is 22.7 Å². The third-order valence-corrected chi connectivity index (χ3v) is 8.36. The number of hydrogen-bond acceptors (Lipinski definition) is 8. The van der Waals surface area contributed by atoms with Crippen LogP contribution in [-0.2, 0) is 21.2 Å². The largest absolute Gasteiger partial charge is 0.454 e. The monoisotopic (exact) mass is 557 g/mol. The third kappa shape index (κ3) is 6.07. The molecule has 2 atom stereocenters. The number of nitrogens with zero attached hydrogens (tertiary/aromatic N) is 1. The molecule has 0 bridgehead atoms. The maximum atomic E-state index is 13.4. The molecule has 0 saturated carbocycles. The van der Waals surface area contributed by atoms with E-state index in [2.05, 4.69) is 10.0 Å². The van der Waals surface area contributed by atoms with Gasteiger partial charge >= 0.3 is 0 Å². The van der Waals surface area contributed by atoms with Crippen LogP contribution in [0.4, 0.5) is 5.69 Å². The number of thiophene rings is 1. The number of rotatable bonds is 9. The molecule has 1 amide bonds. The average Bonchev–Trinajstić information content (AvgIpc) is 3.43. The van der Waals surface area contributed by atoms with E-state index in [9.17, 15) is 18.3 Å². The number of likely N-dealkylation sites (N-methyl/N-ethyl adjacent to an activating group) is 1. The van der Waals surface area contributed by atoms with Crippen LogP contribution in [0.2, 0.25) is 8.67 Å². The van der Waals surface area contributed by atoms with Crippen LogP contribution in [0.25, 0.3) is 0 Å². The number of hydrogen-bond donors (Lipinski definition) is 3. The number of halogens is 2. The highest BCUT2D eigenvalue weighted by Gasteiger charge is 2.29. The Balaban J connectivity index is 1.54. The Morgan fingerprint density at radius 1 is 1.14 bits per heavy atom. The first kappa shape index (κ1) is 25.7. The molecule has 0 saturated heterocycles. The lowest BCUT2D eigenvalue weighted by atomic mass is 10.0. The highest BCUT2D eigenvalue weighted by Crippen LogP contribution is 2.36. The summed E-state index contributed by atoms with van der Waals surface area (Å²) in [5, 5.41) is 13.2. The van der Waals surface area contributed by atoms with E-state index in [1.807, 2.05) is 30.3 Å². The number of ether oxygens (including phenoxy) is 2. The molecule has 13 heteroatoms.